The van der Waals surface area contributed by atoms with Crippen molar-refractivity contribution in [1.29, 1.82) is 0 Å². The molecule has 466 valence electrons. The number of rotatable bonds is 6. The maximum Gasteiger partial charge on any atom is 0.335 e. The molecule has 17 rings (SSSR count). The maximum absolute atomic E-state index is 13.6. The summed E-state index contributed by atoms with van der Waals surface area (Å²) in [6, 6.07) is 2.39. The van der Waals surface area contributed by atoms with Crippen LogP contribution in [0.25, 0.3) is 10.8 Å². The van der Waals surface area contributed by atoms with Gasteiger partial charge in [0.05, 0.1) is 35.3 Å². The number of Topliss-reactive ketones (excluding diaryl/α,β-unsaturated/α-hetero) is 1. The number of phenolic OH excluding ortho intramolecular Hbond substituents is 2. The number of aliphatic hydroxyl groups is 4. The van der Waals surface area contributed by atoms with Gasteiger partial charge in [-0.25, -0.2) is 4.79 Å². The van der Waals surface area contributed by atoms with Crippen molar-refractivity contribution in [2.24, 2.45) is 72.4 Å². The molecule has 4 heterocycles. The summed E-state index contributed by atoms with van der Waals surface area (Å²) >= 11 is 0. The van der Waals surface area contributed by atoms with Gasteiger partial charge in [0, 0.05) is 35.0 Å². The fourth-order valence-corrected chi connectivity index (χ4v) is 27.6. The monoisotopic (exact) mass is 1180 g/mol. The van der Waals surface area contributed by atoms with E-state index in [9.17, 15) is 45.3 Å². The standard InChI is InChI=1S/C73H96O13/c1-41-52(42(2)75)57(77)54-46(56(41)76)27-43(62(81)82)28-50(54)84-63-58(78)59(79)73-31-47-48-30-67(29-44-33-83-40-71(25-26-74,55(44)48)49-12-11-45(53(47)49)51(86-73)32-68(19-9-10-20-68)60(80)61(73)85-63)37-70(24-22-65(35-70)15-5-6-16-65)72(39-67)38-66(17-7-8-18-66)36-69(72)23-21-64(34-69)13-3-4-14-64/h12,27-28,44,47-48,51,55,58-61,63,74,76-80H,3-11,13-26,29-40H2,1-2H3,(H,81,82). The number of carbonyl (C=O) groups is 2. The third-order valence-electron chi connectivity index (χ3n) is 30.0. The van der Waals surface area contributed by atoms with Crippen LogP contribution in [0.1, 0.15) is 239 Å². The number of hydrogen-bond donors (Lipinski definition) is 7. The van der Waals surface area contributed by atoms with Crippen molar-refractivity contribution in [2.75, 3.05) is 19.8 Å². The molecule has 7 N–H and O–H groups in total. The highest BCUT2D eigenvalue weighted by Gasteiger charge is 2.80. The zero-order valence-corrected chi connectivity index (χ0v) is 51.3. The van der Waals surface area contributed by atoms with Crippen LogP contribution in [0.5, 0.6) is 17.2 Å². The Labute approximate surface area is 507 Å². The number of benzene rings is 2. The topological polar surface area (TPSA) is 213 Å². The van der Waals surface area contributed by atoms with Crippen LogP contribution in [-0.2, 0) is 14.2 Å². The van der Waals surface area contributed by atoms with Gasteiger partial charge in [0.25, 0.3) is 0 Å². The van der Waals surface area contributed by atoms with E-state index in [1.807, 2.05) is 0 Å². The quantitative estimate of drug-likeness (QED) is 0.106. The molecule has 9 spiro atoms. The minimum Gasteiger partial charge on any atom is -0.507 e. The zero-order chi connectivity index (χ0) is 59.0. The van der Waals surface area contributed by atoms with Crippen LogP contribution in [0.15, 0.2) is 34.9 Å². The van der Waals surface area contributed by atoms with Crippen LogP contribution in [0, 0.1) is 79.3 Å². The molecule has 86 heavy (non-hydrogen) atoms. The van der Waals surface area contributed by atoms with E-state index in [2.05, 4.69) is 6.08 Å². The molecule has 2 aromatic carbocycles. The van der Waals surface area contributed by atoms with Crippen LogP contribution in [0.4, 0.5) is 0 Å². The van der Waals surface area contributed by atoms with Gasteiger partial charge in [0.2, 0.25) is 6.29 Å². The number of phenols is 2. The highest BCUT2D eigenvalue weighted by atomic mass is 16.7. The number of carboxylic acid groups (broad SMARTS) is 1. The largest absolute Gasteiger partial charge is 0.507 e. The molecule has 0 amide bonds. The summed E-state index contributed by atoms with van der Waals surface area (Å²) in [5, 5.41) is 85.2. The van der Waals surface area contributed by atoms with Crippen molar-refractivity contribution in [3.63, 3.8) is 0 Å². The Kier molecular flexibility index (Phi) is 12.3. The van der Waals surface area contributed by atoms with E-state index in [1.54, 1.807) is 0 Å². The lowest BCUT2D eigenvalue weighted by Gasteiger charge is -2.64. The number of allylic oxidation sites excluding steroid dienone is 2. The molecule has 13 heteroatoms. The molecule has 13 nitrogen and oxygen atoms in total. The number of carboxylic acids is 1. The highest BCUT2D eigenvalue weighted by molar-refractivity contribution is 6.11. The number of aliphatic hydroxyl groups excluding tert-OH is 4. The second-order valence-corrected chi connectivity index (χ2v) is 33.6. The molecule has 16 atom stereocenters. The van der Waals surface area contributed by atoms with Gasteiger partial charge in [-0.15, -0.1) is 0 Å². The molecular formula is C73H96O13. The Morgan fingerprint density at radius 3 is 1.99 bits per heavy atom. The third kappa shape index (κ3) is 7.31. The smallest absolute Gasteiger partial charge is 0.335 e. The first kappa shape index (κ1) is 56.4. The van der Waals surface area contributed by atoms with Gasteiger partial charge in [0.1, 0.15) is 41.2 Å². The number of hydrogen-bond acceptors (Lipinski definition) is 12. The van der Waals surface area contributed by atoms with E-state index in [-0.39, 0.29) is 74.3 Å². The fourth-order valence-electron chi connectivity index (χ4n) is 27.6. The molecule has 2 aromatic rings. The minimum absolute atomic E-state index is 0.0643. The van der Waals surface area contributed by atoms with Crippen molar-refractivity contribution >= 4 is 22.5 Å². The second kappa shape index (κ2) is 18.8. The number of fused-ring (bicyclic) bond motifs is 7. The van der Waals surface area contributed by atoms with Gasteiger partial charge in [-0.2, -0.15) is 0 Å². The van der Waals surface area contributed by atoms with Crippen molar-refractivity contribution in [3.8, 4) is 17.2 Å². The molecule has 13 fully saturated rings. The van der Waals surface area contributed by atoms with Crippen molar-refractivity contribution in [2.45, 2.75) is 262 Å². The van der Waals surface area contributed by atoms with Crippen LogP contribution in [0.3, 0.4) is 0 Å². The van der Waals surface area contributed by atoms with Crippen LogP contribution in [0.2, 0.25) is 0 Å². The molecule has 16 unspecified atom stereocenters. The molecule has 11 aliphatic carbocycles. The summed E-state index contributed by atoms with van der Waals surface area (Å²) < 4.78 is 28.7. The lowest BCUT2D eigenvalue weighted by Crippen LogP contribution is -2.72. The average Bonchev–Trinajstić information content (AvgIpc) is 1.47. The summed E-state index contributed by atoms with van der Waals surface area (Å²) in [4.78, 5) is 25.9. The van der Waals surface area contributed by atoms with Crippen molar-refractivity contribution < 1.29 is 64.3 Å². The summed E-state index contributed by atoms with van der Waals surface area (Å²) in [5.41, 5.74) is 3.30. The van der Waals surface area contributed by atoms with Crippen LogP contribution in [-0.4, -0.2) is 110 Å². The van der Waals surface area contributed by atoms with E-state index in [0.29, 0.717) is 71.4 Å². The van der Waals surface area contributed by atoms with Crippen molar-refractivity contribution in [1.82, 2.24) is 0 Å². The predicted molar refractivity (Wildman–Crippen MR) is 321 cm³/mol. The van der Waals surface area contributed by atoms with Gasteiger partial charge in [-0.3, -0.25) is 4.79 Å². The molecule has 2 bridgehead atoms. The maximum atomic E-state index is 13.6. The SMILES string of the molecule is CC(=O)c1c(C)c(O)c2cc(C(=O)O)cc(OC3OC4C(O)C5(CCCC5)CC5OC4(CC4C6=C5CC=C6C5(CCO)COCC6CC7(CC4C65)CC4(CCC5(CCCC5)C4)C4(CC5(CCCC5)CC45CCC4(CCCC4)C5)C7)C(O)C3O)c2c1O. The summed E-state index contributed by atoms with van der Waals surface area (Å²) in [6.07, 6.45) is 32.9. The van der Waals surface area contributed by atoms with Gasteiger partial charge in [-0.1, -0.05) is 57.4 Å². The Morgan fingerprint density at radius 2 is 1.34 bits per heavy atom. The Balaban J connectivity index is 0.810. The molecule has 0 aromatic heterocycles. The molecule has 3 saturated heterocycles. The number of ether oxygens (including phenoxy) is 4. The molecular weight excluding hydrogens is 1080 g/mol. The molecule has 4 aliphatic heterocycles. The summed E-state index contributed by atoms with van der Waals surface area (Å²) in [7, 11) is 0. The first-order chi connectivity index (χ1) is 41.2. The summed E-state index contributed by atoms with van der Waals surface area (Å²) in [6.45, 7) is 4.09. The van der Waals surface area contributed by atoms with E-state index in [4.69, 9.17) is 18.9 Å². The zero-order valence-electron chi connectivity index (χ0n) is 51.3. The van der Waals surface area contributed by atoms with E-state index < -0.39 is 71.1 Å². The first-order valence-electron chi connectivity index (χ1n) is 34.7. The highest BCUT2D eigenvalue weighted by Crippen LogP contribution is 2.89. The normalized spacial score (nSPS) is 44.9. The van der Waals surface area contributed by atoms with Gasteiger partial charge >= 0.3 is 5.97 Å². The average molecular weight is 1180 g/mol. The lowest BCUT2D eigenvalue weighted by atomic mass is 9.42. The number of ketones is 1. The van der Waals surface area contributed by atoms with E-state index >= 15 is 0 Å². The Morgan fingerprint density at radius 1 is 0.709 bits per heavy atom. The van der Waals surface area contributed by atoms with E-state index in [0.717, 1.165) is 38.5 Å². The minimum atomic E-state index is -1.79. The number of carbonyl (C=O) groups excluding carboxylic acids is 1. The lowest BCUT2D eigenvalue weighted by molar-refractivity contribution is -0.339. The van der Waals surface area contributed by atoms with Gasteiger partial charge in [-0.05, 0) is 258 Å². The van der Waals surface area contributed by atoms with Crippen molar-refractivity contribution in [3.05, 3.63) is 51.6 Å². The van der Waals surface area contributed by atoms with Gasteiger partial charge < -0.3 is 54.7 Å². The first-order valence-corrected chi connectivity index (χ1v) is 34.7. The van der Waals surface area contributed by atoms with Crippen LogP contribution < -0.4 is 4.74 Å². The predicted octanol–water partition coefficient (Wildman–Crippen LogP) is 13.0. The molecule has 15 aliphatic rings. The second-order valence-electron chi connectivity index (χ2n) is 33.6. The third-order valence-corrected chi connectivity index (χ3v) is 30.0. The van der Waals surface area contributed by atoms with E-state index in [1.165, 1.54) is 184 Å². The molecule has 0 radical (unpaired) electrons. The summed E-state index contributed by atoms with van der Waals surface area (Å²) in [5.74, 6) is -2.53. The van der Waals surface area contributed by atoms with Gasteiger partial charge in [0.15, 0.2) is 5.78 Å². The Hall–Kier alpha value is -3.56. The Bertz CT molecular complexity index is 3260. The fraction of sp³-hybridized carbons (Fsp3) is 0.781. The van der Waals surface area contributed by atoms with Crippen LogP contribution >= 0.6 is 0 Å². The number of aromatic hydroxyl groups is 2. The number of aromatic carboxylic acids is 1. The molecule has 10 saturated carbocycles.